The summed E-state index contributed by atoms with van der Waals surface area (Å²) in [5.41, 5.74) is 5.31. The van der Waals surface area contributed by atoms with Crippen molar-refractivity contribution in [2.75, 3.05) is 13.1 Å². The molecule has 0 heterocycles. The minimum Gasteiger partial charge on any atom is -0.392 e. The van der Waals surface area contributed by atoms with Gasteiger partial charge < -0.3 is 16.2 Å². The van der Waals surface area contributed by atoms with E-state index in [2.05, 4.69) is 10.0 Å². The normalized spacial score (nSPS) is 14.4. The third kappa shape index (κ3) is 7.55. The van der Waals surface area contributed by atoms with Crippen molar-refractivity contribution in [2.45, 2.75) is 43.7 Å². The molecule has 5 N–H and O–H groups in total. The van der Waals surface area contributed by atoms with Gasteiger partial charge in [-0.1, -0.05) is 25.4 Å². The van der Waals surface area contributed by atoms with Gasteiger partial charge in [0, 0.05) is 6.54 Å². The summed E-state index contributed by atoms with van der Waals surface area (Å²) in [6.45, 7) is 3.97. The summed E-state index contributed by atoms with van der Waals surface area (Å²) in [4.78, 5) is 11.1. The highest BCUT2D eigenvalue weighted by Crippen LogP contribution is 2.21. The first-order chi connectivity index (χ1) is 12.0. The van der Waals surface area contributed by atoms with Crippen molar-refractivity contribution >= 4 is 27.5 Å². The van der Waals surface area contributed by atoms with Crippen molar-refractivity contribution in [1.29, 1.82) is 0 Å². The van der Waals surface area contributed by atoms with E-state index in [0.717, 1.165) is 18.2 Å². The van der Waals surface area contributed by atoms with E-state index in [4.69, 9.17) is 17.3 Å². The Balaban J connectivity index is 2.50. The molecule has 0 radical (unpaired) electrons. The Morgan fingerprint density at radius 3 is 2.58 bits per heavy atom. The van der Waals surface area contributed by atoms with Gasteiger partial charge in [0.15, 0.2) is 0 Å². The highest BCUT2D eigenvalue weighted by molar-refractivity contribution is 7.89. The molecule has 1 aromatic rings. The summed E-state index contributed by atoms with van der Waals surface area (Å²) in [6, 6.07) is 2.43. The van der Waals surface area contributed by atoms with Gasteiger partial charge in [-0.15, -0.1) is 0 Å². The average molecular weight is 410 g/mol. The Hall–Kier alpha value is -1.26. The molecule has 0 bridgehead atoms. The number of carbonyl (C=O) groups is 1. The topological polar surface area (TPSA) is 122 Å². The maximum atomic E-state index is 13.0. The van der Waals surface area contributed by atoms with E-state index < -0.39 is 33.9 Å². The molecular formula is C16H25ClFN3O4S. The fraction of sp³-hybridized carbons (Fsp3) is 0.562. The number of hydrogen-bond acceptors (Lipinski definition) is 5. The maximum Gasteiger partial charge on any atom is 0.242 e. The van der Waals surface area contributed by atoms with Gasteiger partial charge >= 0.3 is 0 Å². The zero-order valence-electron chi connectivity index (χ0n) is 14.7. The third-order valence-electron chi connectivity index (χ3n) is 3.61. The lowest BCUT2D eigenvalue weighted by atomic mass is 10.0. The molecule has 0 unspecified atom stereocenters. The Morgan fingerprint density at radius 1 is 1.38 bits per heavy atom. The van der Waals surface area contributed by atoms with Crippen LogP contribution in [0.5, 0.6) is 0 Å². The Kier molecular flexibility index (Phi) is 8.91. The zero-order valence-corrected chi connectivity index (χ0v) is 16.3. The number of aliphatic hydroxyl groups is 1. The number of carbonyl (C=O) groups excluding carboxylic acids is 1. The van der Waals surface area contributed by atoms with Gasteiger partial charge in [-0.25, -0.2) is 17.5 Å². The lowest BCUT2D eigenvalue weighted by molar-refractivity contribution is -0.120. The molecule has 0 aromatic heterocycles. The van der Waals surface area contributed by atoms with Crippen molar-refractivity contribution in [3.05, 3.63) is 29.0 Å². The average Bonchev–Trinajstić information content (AvgIpc) is 2.51. The Morgan fingerprint density at radius 2 is 2.04 bits per heavy atom. The Bertz CT molecular complexity index is 715. The molecule has 0 spiro atoms. The second-order valence-electron chi connectivity index (χ2n) is 6.41. The molecule has 0 fully saturated rings. The number of halogens is 2. The standard InChI is InChI=1S/C16H25ClFN3O4S/c1-10(2)7-14(16(19)23)20-6-5-12(22)9-21-26(24,25)15-4-3-11(18)8-13(15)17/h3-4,8,10,12,14,20-22H,5-7,9H2,1-2H3,(H2,19,23)/t12-,14-/m0/s1. The highest BCUT2D eigenvalue weighted by Gasteiger charge is 2.20. The van der Waals surface area contributed by atoms with E-state index >= 15 is 0 Å². The summed E-state index contributed by atoms with van der Waals surface area (Å²) >= 11 is 5.74. The maximum absolute atomic E-state index is 13.0. The van der Waals surface area contributed by atoms with Crippen LogP contribution in [0.15, 0.2) is 23.1 Å². The number of rotatable bonds is 11. The van der Waals surface area contributed by atoms with Gasteiger partial charge in [-0.05, 0) is 43.5 Å². The van der Waals surface area contributed by atoms with Crippen LogP contribution in [0.4, 0.5) is 4.39 Å². The summed E-state index contributed by atoms with van der Waals surface area (Å²) < 4.78 is 39.5. The lowest BCUT2D eigenvalue weighted by Gasteiger charge is -2.19. The molecule has 10 heteroatoms. The molecular weight excluding hydrogens is 385 g/mol. The van der Waals surface area contributed by atoms with E-state index in [1.165, 1.54) is 0 Å². The highest BCUT2D eigenvalue weighted by atomic mass is 35.5. The van der Waals surface area contributed by atoms with E-state index in [0.29, 0.717) is 13.0 Å². The number of sulfonamides is 1. The van der Waals surface area contributed by atoms with Crippen LogP contribution in [0, 0.1) is 11.7 Å². The quantitative estimate of drug-likeness (QED) is 0.434. The number of nitrogens with two attached hydrogens (primary N) is 1. The summed E-state index contributed by atoms with van der Waals surface area (Å²) in [5, 5.41) is 12.6. The van der Waals surface area contributed by atoms with Crippen molar-refractivity contribution in [3.8, 4) is 0 Å². The van der Waals surface area contributed by atoms with Crippen molar-refractivity contribution in [1.82, 2.24) is 10.0 Å². The smallest absolute Gasteiger partial charge is 0.242 e. The zero-order chi connectivity index (χ0) is 19.9. The number of aliphatic hydroxyl groups excluding tert-OH is 1. The molecule has 7 nitrogen and oxygen atoms in total. The van der Waals surface area contributed by atoms with Crippen LogP contribution < -0.4 is 15.8 Å². The number of hydrogen-bond donors (Lipinski definition) is 4. The molecule has 1 amide bonds. The van der Waals surface area contributed by atoms with Gasteiger partial charge in [-0.3, -0.25) is 4.79 Å². The molecule has 0 aliphatic rings. The molecule has 2 atom stereocenters. The molecule has 26 heavy (non-hydrogen) atoms. The van der Waals surface area contributed by atoms with Crippen LogP contribution >= 0.6 is 11.6 Å². The van der Waals surface area contributed by atoms with E-state index in [-0.39, 0.29) is 28.8 Å². The SMILES string of the molecule is CC(C)C[C@H](NCC[C@H](O)CNS(=O)(=O)c1ccc(F)cc1Cl)C(N)=O. The fourth-order valence-electron chi connectivity index (χ4n) is 2.27. The van der Waals surface area contributed by atoms with Crippen LogP contribution in [-0.4, -0.2) is 44.7 Å². The fourth-order valence-corrected chi connectivity index (χ4v) is 3.88. The second kappa shape index (κ2) is 10.2. The predicted molar refractivity (Wildman–Crippen MR) is 97.7 cm³/mol. The molecule has 0 saturated carbocycles. The van der Waals surface area contributed by atoms with Crippen LogP contribution in [0.3, 0.4) is 0 Å². The molecule has 0 aliphatic carbocycles. The molecule has 148 valence electrons. The molecule has 0 aliphatic heterocycles. The summed E-state index contributed by atoms with van der Waals surface area (Å²) in [5.74, 6) is -0.845. The first-order valence-electron chi connectivity index (χ1n) is 8.18. The first kappa shape index (κ1) is 22.8. The van der Waals surface area contributed by atoms with Gasteiger partial charge in [0.2, 0.25) is 15.9 Å². The van der Waals surface area contributed by atoms with Crippen molar-refractivity contribution < 1.29 is 22.7 Å². The third-order valence-corrected chi connectivity index (χ3v) is 5.52. The van der Waals surface area contributed by atoms with Crippen molar-refractivity contribution in [3.63, 3.8) is 0 Å². The monoisotopic (exact) mass is 409 g/mol. The number of benzene rings is 1. The Labute approximate surface area is 158 Å². The molecule has 1 aromatic carbocycles. The number of nitrogens with one attached hydrogen (secondary N) is 2. The predicted octanol–water partition coefficient (Wildman–Crippen LogP) is 0.998. The van der Waals surface area contributed by atoms with Gasteiger partial charge in [-0.2, -0.15) is 0 Å². The molecule has 1 rings (SSSR count). The van der Waals surface area contributed by atoms with Gasteiger partial charge in [0.25, 0.3) is 0 Å². The van der Waals surface area contributed by atoms with Crippen LogP contribution in [0.1, 0.15) is 26.7 Å². The van der Waals surface area contributed by atoms with E-state index in [9.17, 15) is 22.7 Å². The van der Waals surface area contributed by atoms with Crippen LogP contribution in [-0.2, 0) is 14.8 Å². The van der Waals surface area contributed by atoms with E-state index in [1.807, 2.05) is 13.8 Å². The minimum atomic E-state index is -3.98. The second-order valence-corrected chi connectivity index (χ2v) is 8.55. The molecule has 0 saturated heterocycles. The number of primary amides is 1. The van der Waals surface area contributed by atoms with Gasteiger partial charge in [0.05, 0.1) is 17.2 Å². The minimum absolute atomic E-state index is 0.210. The largest absolute Gasteiger partial charge is 0.392 e. The van der Waals surface area contributed by atoms with Gasteiger partial charge in [0.1, 0.15) is 10.7 Å². The van der Waals surface area contributed by atoms with E-state index in [1.54, 1.807) is 0 Å². The van der Waals surface area contributed by atoms with Crippen LogP contribution in [0.2, 0.25) is 5.02 Å². The summed E-state index contributed by atoms with van der Waals surface area (Å²) in [6.07, 6.45) is -0.202. The summed E-state index contributed by atoms with van der Waals surface area (Å²) in [7, 11) is -3.98. The lowest BCUT2D eigenvalue weighted by Crippen LogP contribution is -2.43. The number of amides is 1. The first-order valence-corrected chi connectivity index (χ1v) is 10.0. The van der Waals surface area contributed by atoms with Crippen LogP contribution in [0.25, 0.3) is 0 Å². The van der Waals surface area contributed by atoms with Crippen molar-refractivity contribution in [2.24, 2.45) is 11.7 Å².